The lowest BCUT2D eigenvalue weighted by Gasteiger charge is -2.04. The topological polar surface area (TPSA) is 69.2 Å². The van der Waals surface area contributed by atoms with E-state index in [9.17, 15) is 9.90 Å². The average Bonchev–Trinajstić information content (AvgIpc) is 2.70. The van der Waals surface area contributed by atoms with Crippen molar-refractivity contribution in [2.75, 3.05) is 14.1 Å². The molecule has 0 radical (unpaired) electrons. The highest BCUT2D eigenvalue weighted by molar-refractivity contribution is 7.18. The van der Waals surface area contributed by atoms with Crippen LogP contribution in [0.1, 0.15) is 5.01 Å². The van der Waals surface area contributed by atoms with Gasteiger partial charge in [0.25, 0.3) is 5.56 Å². The molecule has 0 unspecified atom stereocenters. The Morgan fingerprint density at radius 3 is 2.95 bits per heavy atom. The zero-order valence-corrected chi connectivity index (χ0v) is 11.4. The molecule has 6 heteroatoms. The van der Waals surface area contributed by atoms with Gasteiger partial charge in [-0.2, -0.15) is 0 Å². The fourth-order valence-electron chi connectivity index (χ4n) is 2.11. The Labute approximate surface area is 113 Å². The first kappa shape index (κ1) is 12.1. The summed E-state index contributed by atoms with van der Waals surface area (Å²) < 4.78 is 0. The number of hydrogen-bond acceptors (Lipinski definition) is 5. The summed E-state index contributed by atoms with van der Waals surface area (Å²) in [6.45, 7) is 0.705. The molecule has 0 bridgehead atoms. The van der Waals surface area contributed by atoms with Crippen LogP contribution in [0.15, 0.2) is 23.0 Å². The van der Waals surface area contributed by atoms with E-state index >= 15 is 0 Å². The summed E-state index contributed by atoms with van der Waals surface area (Å²) in [5, 5.41) is 11.9. The number of aromatic nitrogens is 2. The maximum Gasteiger partial charge on any atom is 0.257 e. The maximum atomic E-state index is 12.0. The van der Waals surface area contributed by atoms with Crippen molar-refractivity contribution in [3.8, 4) is 5.75 Å². The number of aromatic hydroxyl groups is 1. The van der Waals surface area contributed by atoms with E-state index in [1.165, 1.54) is 11.3 Å². The number of thiazole rings is 1. The maximum absolute atomic E-state index is 12.0. The second-order valence-electron chi connectivity index (χ2n) is 4.68. The van der Waals surface area contributed by atoms with Crippen LogP contribution in [0.2, 0.25) is 0 Å². The fraction of sp³-hybridized carbons (Fsp3) is 0.231. The van der Waals surface area contributed by atoms with Gasteiger partial charge in [-0.1, -0.05) is 17.4 Å². The summed E-state index contributed by atoms with van der Waals surface area (Å²) in [6.07, 6.45) is 0. The van der Waals surface area contributed by atoms with Gasteiger partial charge in [0, 0.05) is 6.54 Å². The van der Waals surface area contributed by atoms with Crippen LogP contribution >= 0.6 is 11.3 Å². The number of H-pyrrole nitrogens is 1. The van der Waals surface area contributed by atoms with E-state index in [2.05, 4.69) is 9.97 Å². The van der Waals surface area contributed by atoms with Crippen molar-refractivity contribution in [1.82, 2.24) is 14.9 Å². The van der Waals surface area contributed by atoms with Crippen molar-refractivity contribution in [3.63, 3.8) is 0 Å². The van der Waals surface area contributed by atoms with Crippen molar-refractivity contribution in [1.29, 1.82) is 0 Å². The molecule has 0 spiro atoms. The molecule has 0 saturated heterocycles. The molecule has 3 rings (SSSR count). The Hall–Kier alpha value is -1.92. The molecular weight excluding hydrogens is 262 g/mol. The number of nitrogens with zero attached hydrogens (tertiary/aromatic N) is 2. The number of nitrogens with one attached hydrogen (secondary N) is 1. The van der Waals surface area contributed by atoms with E-state index in [-0.39, 0.29) is 11.3 Å². The lowest BCUT2D eigenvalue weighted by molar-refractivity contribution is 0.402. The van der Waals surface area contributed by atoms with Crippen LogP contribution in [-0.2, 0) is 6.54 Å². The third kappa shape index (κ3) is 1.98. The molecule has 1 aromatic carbocycles. The van der Waals surface area contributed by atoms with E-state index in [1.807, 2.05) is 19.0 Å². The van der Waals surface area contributed by atoms with E-state index in [0.29, 0.717) is 27.7 Å². The molecular formula is C13H13N3O2S. The van der Waals surface area contributed by atoms with Gasteiger partial charge in [0.1, 0.15) is 21.1 Å². The zero-order chi connectivity index (χ0) is 13.6. The Morgan fingerprint density at radius 1 is 1.42 bits per heavy atom. The quantitative estimate of drug-likeness (QED) is 0.749. The third-order valence-electron chi connectivity index (χ3n) is 2.87. The molecule has 0 aliphatic carbocycles. The number of hydrogen-bond donors (Lipinski definition) is 2. The van der Waals surface area contributed by atoms with E-state index in [1.54, 1.807) is 18.2 Å². The zero-order valence-electron chi connectivity index (χ0n) is 10.6. The summed E-state index contributed by atoms with van der Waals surface area (Å²) in [6, 6.07) is 4.93. The van der Waals surface area contributed by atoms with Gasteiger partial charge in [-0.15, -0.1) is 0 Å². The van der Waals surface area contributed by atoms with Gasteiger partial charge in [-0.3, -0.25) is 4.79 Å². The molecule has 19 heavy (non-hydrogen) atoms. The van der Waals surface area contributed by atoms with E-state index < -0.39 is 0 Å². The fourth-order valence-corrected chi connectivity index (χ4v) is 3.19. The molecule has 2 aromatic heterocycles. The highest BCUT2D eigenvalue weighted by Gasteiger charge is 2.13. The van der Waals surface area contributed by atoms with Gasteiger partial charge in [0.05, 0.1) is 10.8 Å². The highest BCUT2D eigenvalue weighted by atomic mass is 32.1. The van der Waals surface area contributed by atoms with Crippen molar-refractivity contribution in [3.05, 3.63) is 33.6 Å². The summed E-state index contributed by atoms with van der Waals surface area (Å²) in [5.41, 5.74) is 0.466. The second kappa shape index (κ2) is 4.32. The lowest BCUT2D eigenvalue weighted by Crippen LogP contribution is -2.10. The number of benzene rings is 1. The van der Waals surface area contributed by atoms with Crippen molar-refractivity contribution in [2.24, 2.45) is 0 Å². The highest BCUT2D eigenvalue weighted by Crippen LogP contribution is 2.31. The van der Waals surface area contributed by atoms with Crippen LogP contribution in [-0.4, -0.2) is 34.1 Å². The Balaban J connectivity index is 2.39. The number of phenolic OH excluding ortho intramolecular Hbond substituents is 1. The van der Waals surface area contributed by atoms with Crippen molar-refractivity contribution >= 4 is 32.5 Å². The molecule has 3 aromatic rings. The minimum atomic E-state index is -0.196. The van der Waals surface area contributed by atoms with Gasteiger partial charge in [0.2, 0.25) is 0 Å². The van der Waals surface area contributed by atoms with Crippen LogP contribution in [0, 0.1) is 0 Å². The van der Waals surface area contributed by atoms with Gasteiger partial charge in [-0.05, 0) is 26.2 Å². The third-order valence-corrected chi connectivity index (χ3v) is 3.83. The molecule has 2 heterocycles. The van der Waals surface area contributed by atoms with E-state index in [0.717, 1.165) is 5.01 Å². The minimum Gasteiger partial charge on any atom is -0.507 e. The van der Waals surface area contributed by atoms with Crippen LogP contribution in [0.4, 0.5) is 0 Å². The van der Waals surface area contributed by atoms with Gasteiger partial charge in [0.15, 0.2) is 0 Å². The van der Waals surface area contributed by atoms with Crippen LogP contribution in [0.3, 0.4) is 0 Å². The summed E-state index contributed by atoms with van der Waals surface area (Å²) in [4.78, 5) is 22.0. The lowest BCUT2D eigenvalue weighted by atomic mass is 10.1. The first-order valence-corrected chi connectivity index (χ1v) is 6.66. The molecule has 0 atom stereocenters. The first-order valence-electron chi connectivity index (χ1n) is 5.84. The Kier molecular flexibility index (Phi) is 2.76. The molecule has 0 amide bonds. The first-order chi connectivity index (χ1) is 9.06. The number of fused-ring (bicyclic) bond motifs is 3. The second-order valence-corrected chi connectivity index (χ2v) is 5.76. The van der Waals surface area contributed by atoms with Gasteiger partial charge in [-0.25, -0.2) is 4.98 Å². The minimum absolute atomic E-state index is 0.0929. The molecule has 98 valence electrons. The molecule has 5 nitrogen and oxygen atoms in total. The summed E-state index contributed by atoms with van der Waals surface area (Å²) in [5.74, 6) is 0.0929. The standard InChI is InChI=1S/C13H13N3O2S/c1-16(2)6-9-14-11-10-7(4-3-5-8(10)17)12(18)15-13(11)19-9/h3-5,17H,6H2,1-2H3,(H,15,18). The smallest absolute Gasteiger partial charge is 0.257 e. The van der Waals surface area contributed by atoms with Crippen LogP contribution in [0.5, 0.6) is 5.75 Å². The van der Waals surface area contributed by atoms with Gasteiger partial charge >= 0.3 is 0 Å². The summed E-state index contributed by atoms with van der Waals surface area (Å²) in [7, 11) is 3.93. The number of rotatable bonds is 2. The summed E-state index contributed by atoms with van der Waals surface area (Å²) >= 11 is 1.44. The average molecular weight is 275 g/mol. The number of phenols is 1. The predicted octanol–water partition coefficient (Wildman–Crippen LogP) is 1.90. The molecule has 0 aliphatic heterocycles. The SMILES string of the molecule is CN(C)Cc1nc2c([nH]c(=O)c3cccc(O)c32)s1. The van der Waals surface area contributed by atoms with Crippen molar-refractivity contribution in [2.45, 2.75) is 6.54 Å². The normalized spacial score (nSPS) is 11.7. The number of pyridine rings is 1. The largest absolute Gasteiger partial charge is 0.507 e. The molecule has 2 N–H and O–H groups in total. The Bertz CT molecular complexity index is 820. The molecule has 0 saturated carbocycles. The molecule has 0 fully saturated rings. The van der Waals surface area contributed by atoms with Crippen LogP contribution < -0.4 is 5.56 Å². The van der Waals surface area contributed by atoms with Crippen molar-refractivity contribution < 1.29 is 5.11 Å². The monoisotopic (exact) mass is 275 g/mol. The number of aromatic amines is 1. The Morgan fingerprint density at radius 2 is 2.21 bits per heavy atom. The van der Waals surface area contributed by atoms with Crippen LogP contribution in [0.25, 0.3) is 21.1 Å². The molecule has 0 aliphatic rings. The van der Waals surface area contributed by atoms with E-state index in [4.69, 9.17) is 0 Å². The van der Waals surface area contributed by atoms with Gasteiger partial charge < -0.3 is 15.0 Å². The predicted molar refractivity (Wildman–Crippen MR) is 76.8 cm³/mol.